The molecule has 0 unspecified atom stereocenters. The molecule has 1 N–H and O–H groups in total. The number of fused-ring (bicyclic) bond motifs is 1. The molecule has 1 aliphatic carbocycles. The molecule has 130 valence electrons. The van der Waals surface area contributed by atoms with E-state index in [0.29, 0.717) is 15.9 Å². The van der Waals surface area contributed by atoms with E-state index in [4.69, 9.17) is 4.42 Å². The molecule has 4 rings (SSSR count). The minimum absolute atomic E-state index is 0.173. The Morgan fingerprint density at radius 2 is 2.08 bits per heavy atom. The van der Waals surface area contributed by atoms with Crippen molar-refractivity contribution < 1.29 is 12.8 Å². The Balaban J connectivity index is 1.60. The first kappa shape index (κ1) is 16.5. The number of sulfonamides is 1. The summed E-state index contributed by atoms with van der Waals surface area (Å²) < 4.78 is 34.3. The van der Waals surface area contributed by atoms with E-state index in [-0.39, 0.29) is 6.04 Å². The number of oxazole rings is 1. The van der Waals surface area contributed by atoms with Gasteiger partial charge in [0, 0.05) is 13.0 Å². The molecule has 25 heavy (non-hydrogen) atoms. The van der Waals surface area contributed by atoms with Gasteiger partial charge in [-0.2, -0.15) is 0 Å². The number of aromatic nitrogens is 1. The molecule has 1 aliphatic rings. The fourth-order valence-electron chi connectivity index (χ4n) is 3.19. The van der Waals surface area contributed by atoms with Gasteiger partial charge >= 0.3 is 0 Å². The highest BCUT2D eigenvalue weighted by Gasteiger charge is 2.26. The first-order chi connectivity index (χ1) is 12.0. The van der Waals surface area contributed by atoms with Crippen molar-refractivity contribution in [2.75, 3.05) is 0 Å². The van der Waals surface area contributed by atoms with E-state index in [1.807, 2.05) is 18.2 Å². The molecule has 0 radical (unpaired) electrons. The fraction of sp³-hybridized carbons (Fsp3) is 0.278. The molecule has 0 aliphatic heterocycles. The fourth-order valence-corrected chi connectivity index (χ4v) is 5.71. The zero-order valence-electron chi connectivity index (χ0n) is 13.7. The molecule has 0 fully saturated rings. The number of thiophene rings is 1. The lowest BCUT2D eigenvalue weighted by atomic mass is 9.88. The number of hydrogen-bond donors (Lipinski definition) is 1. The third-order valence-corrected chi connectivity index (χ3v) is 7.44. The van der Waals surface area contributed by atoms with E-state index in [9.17, 15) is 8.42 Å². The summed E-state index contributed by atoms with van der Waals surface area (Å²) in [6.45, 7) is 1.76. The Bertz CT molecular complexity index is 1000. The van der Waals surface area contributed by atoms with Crippen molar-refractivity contribution in [3.8, 4) is 10.6 Å². The standard InChI is InChI=1S/C18H18N2O3S2/c1-12-19-11-16(23-12)17-9-10-18(24-17)25(21,22)20-15-8-4-6-13-5-2-3-7-14(13)15/h2-3,5,7,9-11,15,20H,4,6,8H2,1H3/t15-/m1/s1. The maximum Gasteiger partial charge on any atom is 0.250 e. The van der Waals surface area contributed by atoms with Crippen molar-refractivity contribution in [2.45, 2.75) is 36.4 Å². The summed E-state index contributed by atoms with van der Waals surface area (Å²) in [6.07, 6.45) is 4.41. The Hall–Kier alpha value is -1.96. The van der Waals surface area contributed by atoms with Crippen LogP contribution in [0.5, 0.6) is 0 Å². The van der Waals surface area contributed by atoms with E-state index in [1.54, 1.807) is 25.3 Å². The van der Waals surface area contributed by atoms with Crippen LogP contribution < -0.4 is 4.72 Å². The maximum atomic E-state index is 12.8. The predicted molar refractivity (Wildman–Crippen MR) is 97.0 cm³/mol. The molecule has 7 heteroatoms. The summed E-state index contributed by atoms with van der Waals surface area (Å²) in [7, 11) is -3.58. The summed E-state index contributed by atoms with van der Waals surface area (Å²) in [6, 6.07) is 11.3. The maximum absolute atomic E-state index is 12.8. The molecule has 0 spiro atoms. The molecular weight excluding hydrogens is 356 g/mol. The van der Waals surface area contributed by atoms with E-state index in [1.165, 1.54) is 16.9 Å². The molecule has 3 aromatic rings. The van der Waals surface area contributed by atoms with Gasteiger partial charge in [-0.05, 0) is 42.5 Å². The Labute approximate surface area is 150 Å². The molecule has 2 heterocycles. The Kier molecular flexibility index (Phi) is 4.23. The monoisotopic (exact) mass is 374 g/mol. The summed E-state index contributed by atoms with van der Waals surface area (Å²) in [5.74, 6) is 1.15. The van der Waals surface area contributed by atoms with E-state index >= 15 is 0 Å². The van der Waals surface area contributed by atoms with Crippen molar-refractivity contribution in [3.05, 3.63) is 59.6 Å². The number of benzene rings is 1. The van der Waals surface area contributed by atoms with Gasteiger partial charge in [0.1, 0.15) is 4.21 Å². The molecule has 0 amide bonds. The lowest BCUT2D eigenvalue weighted by Crippen LogP contribution is -2.30. The van der Waals surface area contributed by atoms with Crippen LogP contribution in [0.1, 0.15) is 35.9 Å². The molecule has 0 saturated carbocycles. The van der Waals surface area contributed by atoms with Crippen LogP contribution >= 0.6 is 11.3 Å². The van der Waals surface area contributed by atoms with Crippen molar-refractivity contribution in [1.29, 1.82) is 0 Å². The second-order valence-corrected chi connectivity index (χ2v) is 9.15. The molecular formula is C18H18N2O3S2. The van der Waals surface area contributed by atoms with Gasteiger partial charge in [-0.15, -0.1) is 11.3 Å². The number of aryl methyl sites for hydroxylation is 2. The molecule has 2 aromatic heterocycles. The summed E-state index contributed by atoms with van der Waals surface area (Å²) in [4.78, 5) is 4.81. The lowest BCUT2D eigenvalue weighted by Gasteiger charge is -2.25. The van der Waals surface area contributed by atoms with Gasteiger partial charge in [0.25, 0.3) is 10.0 Å². The van der Waals surface area contributed by atoms with Crippen LogP contribution in [0.2, 0.25) is 0 Å². The van der Waals surface area contributed by atoms with Crippen molar-refractivity contribution in [3.63, 3.8) is 0 Å². The quantitative estimate of drug-likeness (QED) is 0.747. The van der Waals surface area contributed by atoms with Crippen molar-refractivity contribution in [1.82, 2.24) is 9.71 Å². The Morgan fingerprint density at radius 1 is 1.24 bits per heavy atom. The number of rotatable bonds is 4. The van der Waals surface area contributed by atoms with Crippen LogP contribution in [0.15, 0.2) is 51.2 Å². The molecule has 0 saturated heterocycles. The van der Waals surface area contributed by atoms with Crippen LogP contribution in [0.25, 0.3) is 10.6 Å². The first-order valence-electron chi connectivity index (χ1n) is 8.16. The van der Waals surface area contributed by atoms with Crippen LogP contribution in [0.4, 0.5) is 0 Å². The van der Waals surface area contributed by atoms with E-state index < -0.39 is 10.0 Å². The predicted octanol–water partition coefficient (Wildman–Crippen LogP) is 4.07. The van der Waals surface area contributed by atoms with Crippen molar-refractivity contribution >= 4 is 21.4 Å². The average Bonchev–Trinajstić information content (AvgIpc) is 3.24. The zero-order chi connectivity index (χ0) is 17.4. The molecule has 1 aromatic carbocycles. The van der Waals surface area contributed by atoms with Crippen molar-refractivity contribution in [2.24, 2.45) is 0 Å². The Morgan fingerprint density at radius 3 is 2.88 bits per heavy atom. The van der Waals surface area contributed by atoms with Crippen LogP contribution in [-0.2, 0) is 16.4 Å². The van der Waals surface area contributed by atoms with Gasteiger partial charge in [0.2, 0.25) is 0 Å². The van der Waals surface area contributed by atoms with Gasteiger partial charge in [-0.1, -0.05) is 24.3 Å². The largest absolute Gasteiger partial charge is 0.440 e. The number of nitrogens with zero attached hydrogens (tertiary/aromatic N) is 1. The van der Waals surface area contributed by atoms with Gasteiger partial charge in [0.05, 0.1) is 11.1 Å². The zero-order valence-corrected chi connectivity index (χ0v) is 15.4. The highest BCUT2D eigenvalue weighted by molar-refractivity contribution is 7.91. The molecule has 0 bridgehead atoms. The minimum atomic E-state index is -3.58. The second kappa shape index (κ2) is 6.40. The summed E-state index contributed by atoms with van der Waals surface area (Å²) >= 11 is 1.19. The molecule has 1 atom stereocenters. The SMILES string of the molecule is Cc1ncc(-c2ccc(S(=O)(=O)N[C@@H]3CCCc4ccccc43)s2)o1. The van der Waals surface area contributed by atoms with Gasteiger partial charge in [-0.25, -0.2) is 18.1 Å². The van der Waals surface area contributed by atoms with Crippen LogP contribution in [0, 0.1) is 6.92 Å². The van der Waals surface area contributed by atoms with E-state index in [0.717, 1.165) is 29.7 Å². The van der Waals surface area contributed by atoms with Crippen LogP contribution in [-0.4, -0.2) is 13.4 Å². The number of nitrogens with one attached hydrogen (secondary N) is 1. The normalized spacial score (nSPS) is 17.4. The van der Waals surface area contributed by atoms with Crippen LogP contribution in [0.3, 0.4) is 0 Å². The topological polar surface area (TPSA) is 72.2 Å². The molecule has 5 nitrogen and oxygen atoms in total. The lowest BCUT2D eigenvalue weighted by molar-refractivity contribution is 0.508. The summed E-state index contributed by atoms with van der Waals surface area (Å²) in [5, 5.41) is 0. The average molecular weight is 374 g/mol. The van der Waals surface area contributed by atoms with E-state index in [2.05, 4.69) is 15.8 Å². The highest BCUT2D eigenvalue weighted by Crippen LogP contribution is 2.34. The first-order valence-corrected chi connectivity index (χ1v) is 10.5. The highest BCUT2D eigenvalue weighted by atomic mass is 32.2. The van der Waals surface area contributed by atoms with Gasteiger partial charge < -0.3 is 4.42 Å². The minimum Gasteiger partial charge on any atom is -0.440 e. The smallest absolute Gasteiger partial charge is 0.250 e. The number of hydrogen-bond acceptors (Lipinski definition) is 5. The summed E-state index contributed by atoms with van der Waals surface area (Å²) in [5.41, 5.74) is 2.31. The van der Waals surface area contributed by atoms with Gasteiger partial charge in [-0.3, -0.25) is 0 Å². The third kappa shape index (κ3) is 3.27. The van der Waals surface area contributed by atoms with Gasteiger partial charge in [0.15, 0.2) is 11.7 Å². The third-order valence-electron chi connectivity index (χ3n) is 4.38. The second-order valence-electron chi connectivity index (χ2n) is 6.13.